The van der Waals surface area contributed by atoms with Gasteiger partial charge in [0.1, 0.15) is 0 Å². The molecule has 17 heavy (non-hydrogen) atoms. The Hall–Kier alpha value is -0.890. The topological polar surface area (TPSA) is 79.4 Å². The number of aliphatic hydroxyl groups is 2. The van der Waals surface area contributed by atoms with E-state index in [1.165, 1.54) is 11.8 Å². The minimum Gasteiger partial charge on any atom is -0.394 e. The molecule has 2 rings (SSSR count). The molecule has 5 nitrogen and oxygen atoms in total. The van der Waals surface area contributed by atoms with Crippen LogP contribution < -0.4 is 0 Å². The second kappa shape index (κ2) is 6.15. The molecule has 0 amide bonds. The van der Waals surface area contributed by atoms with Gasteiger partial charge in [-0.3, -0.25) is 0 Å². The Morgan fingerprint density at radius 2 is 2.41 bits per heavy atom. The van der Waals surface area contributed by atoms with Crippen molar-refractivity contribution in [2.24, 2.45) is 0 Å². The summed E-state index contributed by atoms with van der Waals surface area (Å²) in [6.45, 7) is -0.225. The zero-order valence-electron chi connectivity index (χ0n) is 8.94. The number of nitrogens with zero attached hydrogens (tertiary/aromatic N) is 2. The lowest BCUT2D eigenvalue weighted by molar-refractivity contribution is 0.113. The molecule has 0 saturated heterocycles. The lowest BCUT2D eigenvalue weighted by atomic mass is 10.4. The molecular weight excluding hydrogens is 260 g/mol. The van der Waals surface area contributed by atoms with E-state index >= 15 is 0 Å². The van der Waals surface area contributed by atoms with E-state index in [0.29, 0.717) is 23.2 Å². The molecule has 0 saturated carbocycles. The van der Waals surface area contributed by atoms with Crippen molar-refractivity contribution in [2.45, 2.75) is 11.9 Å². The largest absolute Gasteiger partial charge is 0.394 e. The fourth-order valence-electron chi connectivity index (χ4n) is 1.15. The van der Waals surface area contributed by atoms with Gasteiger partial charge in [-0.2, -0.15) is 4.98 Å². The van der Waals surface area contributed by atoms with Crippen LogP contribution >= 0.6 is 23.1 Å². The maximum atomic E-state index is 9.16. The van der Waals surface area contributed by atoms with Crippen LogP contribution in [0.1, 0.15) is 5.89 Å². The van der Waals surface area contributed by atoms with Gasteiger partial charge in [-0.05, 0) is 11.4 Å². The van der Waals surface area contributed by atoms with Crippen molar-refractivity contribution in [1.82, 2.24) is 10.1 Å². The zero-order chi connectivity index (χ0) is 12.1. The molecule has 1 atom stereocenters. The number of aliphatic hydroxyl groups excluding tert-OH is 2. The van der Waals surface area contributed by atoms with Gasteiger partial charge in [-0.25, -0.2) is 0 Å². The van der Waals surface area contributed by atoms with Gasteiger partial charge in [0.15, 0.2) is 0 Å². The van der Waals surface area contributed by atoms with Gasteiger partial charge in [-0.15, -0.1) is 23.1 Å². The van der Waals surface area contributed by atoms with Crippen LogP contribution in [0.15, 0.2) is 22.0 Å². The molecule has 2 aromatic rings. The van der Waals surface area contributed by atoms with Crippen molar-refractivity contribution in [2.75, 3.05) is 12.4 Å². The van der Waals surface area contributed by atoms with E-state index in [1.807, 2.05) is 17.5 Å². The molecule has 92 valence electrons. The molecule has 0 bridgehead atoms. The van der Waals surface area contributed by atoms with Crippen molar-refractivity contribution in [1.29, 1.82) is 0 Å². The van der Waals surface area contributed by atoms with E-state index in [1.54, 1.807) is 11.3 Å². The third kappa shape index (κ3) is 3.53. The third-order valence-corrected chi connectivity index (χ3v) is 3.89. The summed E-state index contributed by atoms with van der Waals surface area (Å²) in [4.78, 5) is 5.22. The summed E-state index contributed by atoms with van der Waals surface area (Å²) < 4.78 is 5.08. The van der Waals surface area contributed by atoms with Gasteiger partial charge in [0.05, 0.1) is 23.3 Å². The fourth-order valence-corrected chi connectivity index (χ4v) is 2.59. The van der Waals surface area contributed by atoms with Crippen molar-refractivity contribution in [3.8, 4) is 10.7 Å². The summed E-state index contributed by atoms with van der Waals surface area (Å²) in [5.74, 6) is 2.12. The van der Waals surface area contributed by atoms with Crippen LogP contribution in [-0.2, 0) is 5.75 Å². The first-order valence-electron chi connectivity index (χ1n) is 5.02. The number of hydrogen-bond donors (Lipinski definition) is 2. The van der Waals surface area contributed by atoms with Crippen LogP contribution in [0, 0.1) is 0 Å². The van der Waals surface area contributed by atoms with Crippen LogP contribution in [0.2, 0.25) is 0 Å². The number of rotatable bonds is 6. The Morgan fingerprint density at radius 1 is 1.53 bits per heavy atom. The van der Waals surface area contributed by atoms with Crippen LogP contribution in [0.4, 0.5) is 0 Å². The maximum absolute atomic E-state index is 9.16. The molecule has 2 heterocycles. The van der Waals surface area contributed by atoms with Gasteiger partial charge in [0.25, 0.3) is 0 Å². The van der Waals surface area contributed by atoms with Crippen molar-refractivity contribution >= 4 is 23.1 Å². The highest BCUT2D eigenvalue weighted by molar-refractivity contribution is 7.98. The smallest absolute Gasteiger partial charge is 0.236 e. The van der Waals surface area contributed by atoms with E-state index < -0.39 is 6.10 Å². The Labute approximate surface area is 106 Å². The van der Waals surface area contributed by atoms with Crippen LogP contribution in [0.25, 0.3) is 10.7 Å². The van der Waals surface area contributed by atoms with Gasteiger partial charge in [-0.1, -0.05) is 11.2 Å². The Morgan fingerprint density at radius 3 is 3.12 bits per heavy atom. The molecule has 0 radical (unpaired) electrons. The third-order valence-electron chi connectivity index (χ3n) is 1.96. The van der Waals surface area contributed by atoms with Crippen LogP contribution in [-0.4, -0.2) is 38.8 Å². The van der Waals surface area contributed by atoms with E-state index in [2.05, 4.69) is 10.1 Å². The highest BCUT2D eigenvalue weighted by Crippen LogP contribution is 2.22. The molecule has 1 unspecified atom stereocenters. The molecule has 0 aliphatic carbocycles. The first-order valence-corrected chi connectivity index (χ1v) is 7.06. The zero-order valence-corrected chi connectivity index (χ0v) is 10.6. The summed E-state index contributed by atoms with van der Waals surface area (Å²) in [6, 6.07) is 3.87. The second-order valence-electron chi connectivity index (χ2n) is 3.34. The molecule has 2 N–H and O–H groups in total. The Balaban J connectivity index is 1.87. The minimum atomic E-state index is -0.695. The van der Waals surface area contributed by atoms with E-state index in [9.17, 15) is 0 Å². The molecular formula is C10H12N2O3S2. The van der Waals surface area contributed by atoms with Gasteiger partial charge in [0, 0.05) is 5.75 Å². The Kier molecular flexibility index (Phi) is 4.55. The minimum absolute atomic E-state index is 0.225. The number of aromatic nitrogens is 2. The predicted octanol–water partition coefficient (Wildman–Crippen LogP) is 1.38. The predicted molar refractivity (Wildman–Crippen MR) is 66.9 cm³/mol. The summed E-state index contributed by atoms with van der Waals surface area (Å²) in [5.41, 5.74) is 0. The van der Waals surface area contributed by atoms with Crippen molar-refractivity contribution in [3.63, 3.8) is 0 Å². The van der Waals surface area contributed by atoms with Crippen molar-refractivity contribution < 1.29 is 14.7 Å². The number of hydrogen-bond acceptors (Lipinski definition) is 7. The molecule has 0 spiro atoms. The number of thioether (sulfide) groups is 1. The van der Waals surface area contributed by atoms with Crippen molar-refractivity contribution in [3.05, 3.63) is 23.4 Å². The molecule has 0 fully saturated rings. The molecule has 0 aliphatic rings. The molecule has 0 aliphatic heterocycles. The first kappa shape index (κ1) is 12.6. The average Bonchev–Trinajstić information content (AvgIpc) is 2.98. The number of thiophene rings is 1. The lowest BCUT2D eigenvalue weighted by Crippen LogP contribution is -2.14. The maximum Gasteiger partial charge on any atom is 0.236 e. The highest BCUT2D eigenvalue weighted by atomic mass is 32.2. The average molecular weight is 272 g/mol. The van der Waals surface area contributed by atoms with Crippen LogP contribution in [0.5, 0.6) is 0 Å². The van der Waals surface area contributed by atoms with Gasteiger partial charge in [0.2, 0.25) is 11.7 Å². The monoisotopic (exact) mass is 272 g/mol. The standard InChI is InChI=1S/C10H12N2O3S2/c13-4-7(14)5-16-6-9-11-10(12-15-9)8-2-1-3-17-8/h1-3,7,13-14H,4-6H2. The summed E-state index contributed by atoms with van der Waals surface area (Å²) in [7, 11) is 0. The summed E-state index contributed by atoms with van der Waals surface area (Å²) in [6.07, 6.45) is -0.695. The Bertz CT molecular complexity index is 444. The van der Waals surface area contributed by atoms with E-state index in [0.717, 1.165) is 4.88 Å². The normalized spacial score (nSPS) is 12.8. The summed E-state index contributed by atoms with van der Waals surface area (Å²) >= 11 is 3.00. The van der Waals surface area contributed by atoms with Gasteiger partial charge >= 0.3 is 0 Å². The quantitative estimate of drug-likeness (QED) is 0.827. The fraction of sp³-hybridized carbons (Fsp3) is 0.400. The molecule has 2 aromatic heterocycles. The SMILES string of the molecule is OCC(O)CSCc1nc(-c2cccs2)no1. The molecule has 7 heteroatoms. The van der Waals surface area contributed by atoms with E-state index in [-0.39, 0.29) is 6.61 Å². The second-order valence-corrected chi connectivity index (χ2v) is 5.32. The lowest BCUT2D eigenvalue weighted by Gasteiger charge is -2.03. The first-order chi connectivity index (χ1) is 8.29. The van der Waals surface area contributed by atoms with Gasteiger partial charge < -0.3 is 14.7 Å². The molecule has 0 aromatic carbocycles. The highest BCUT2D eigenvalue weighted by Gasteiger charge is 2.10. The van der Waals surface area contributed by atoms with E-state index in [4.69, 9.17) is 14.7 Å². The van der Waals surface area contributed by atoms with Crippen LogP contribution in [0.3, 0.4) is 0 Å². The summed E-state index contributed by atoms with van der Waals surface area (Å²) in [5, 5.41) is 23.6.